The Kier molecular flexibility index (Phi) is 2.24. The highest BCUT2D eigenvalue weighted by atomic mass is 79.9. The first kappa shape index (κ1) is 9.90. The van der Waals surface area contributed by atoms with Crippen LogP contribution >= 0.6 is 15.9 Å². The van der Waals surface area contributed by atoms with Gasteiger partial charge in [-0.3, -0.25) is 0 Å². The van der Waals surface area contributed by atoms with Crippen LogP contribution in [0.1, 0.15) is 5.69 Å². The minimum atomic E-state index is 0.692. The van der Waals surface area contributed by atoms with Crippen molar-refractivity contribution in [3.63, 3.8) is 0 Å². The summed E-state index contributed by atoms with van der Waals surface area (Å²) in [5.74, 6) is 1.90. The van der Waals surface area contributed by atoms with E-state index in [0.29, 0.717) is 6.61 Å². The molecule has 3 rings (SSSR count). The van der Waals surface area contributed by atoms with Crippen LogP contribution in [0.25, 0.3) is 11.4 Å². The van der Waals surface area contributed by atoms with Crippen LogP contribution in [0, 0.1) is 6.92 Å². The van der Waals surface area contributed by atoms with E-state index in [-0.39, 0.29) is 0 Å². The number of hydrogen-bond donors (Lipinski definition) is 0. The molecule has 0 unspecified atom stereocenters. The highest BCUT2D eigenvalue weighted by Crippen LogP contribution is 2.33. The number of imidazole rings is 1. The maximum atomic E-state index is 5.70. The molecule has 16 heavy (non-hydrogen) atoms. The molecule has 3 nitrogen and oxygen atoms in total. The smallest absolute Gasteiger partial charge is 0.144 e. The molecule has 1 aromatic heterocycles. The zero-order chi connectivity index (χ0) is 11.1. The number of aromatic nitrogens is 2. The number of rotatable bonds is 0. The number of fused-ring (bicyclic) bond motifs is 3. The Hall–Kier alpha value is -1.29. The summed E-state index contributed by atoms with van der Waals surface area (Å²) in [5, 5.41) is 0. The fourth-order valence-electron chi connectivity index (χ4n) is 1.99. The predicted octanol–water partition coefficient (Wildman–Crippen LogP) is 3.01. The summed E-state index contributed by atoms with van der Waals surface area (Å²) in [5.41, 5.74) is 2.10. The minimum Gasteiger partial charge on any atom is -0.491 e. The van der Waals surface area contributed by atoms with E-state index < -0.39 is 0 Å². The molecule has 0 radical (unpaired) electrons. The van der Waals surface area contributed by atoms with Gasteiger partial charge in [0.05, 0.1) is 17.8 Å². The zero-order valence-electron chi connectivity index (χ0n) is 8.90. The van der Waals surface area contributed by atoms with Crippen LogP contribution in [0.4, 0.5) is 0 Å². The Bertz CT molecular complexity index is 548. The molecule has 0 saturated carbocycles. The zero-order valence-corrected chi connectivity index (χ0v) is 10.5. The summed E-state index contributed by atoms with van der Waals surface area (Å²) < 4.78 is 8.89. The van der Waals surface area contributed by atoms with Crippen molar-refractivity contribution in [1.82, 2.24) is 9.55 Å². The second-order valence-corrected chi connectivity index (χ2v) is 4.80. The number of benzene rings is 1. The summed E-state index contributed by atoms with van der Waals surface area (Å²) in [6, 6.07) is 6.03. The third-order valence-electron chi connectivity index (χ3n) is 2.67. The first-order chi connectivity index (χ1) is 7.74. The Balaban J connectivity index is 2.27. The molecular formula is C12H11BrN2O. The molecule has 0 atom stereocenters. The number of halogens is 1. The molecule has 4 heteroatoms. The topological polar surface area (TPSA) is 27.1 Å². The lowest BCUT2D eigenvalue weighted by molar-refractivity contribution is 0.306. The van der Waals surface area contributed by atoms with E-state index in [9.17, 15) is 0 Å². The van der Waals surface area contributed by atoms with E-state index in [2.05, 4.69) is 37.7 Å². The fraction of sp³-hybridized carbons (Fsp3) is 0.250. The van der Waals surface area contributed by atoms with Crippen molar-refractivity contribution in [1.29, 1.82) is 0 Å². The highest BCUT2D eigenvalue weighted by Gasteiger charge is 2.17. The van der Waals surface area contributed by atoms with Gasteiger partial charge in [-0.05, 0) is 25.1 Å². The molecule has 0 N–H and O–H groups in total. The Morgan fingerprint density at radius 2 is 2.31 bits per heavy atom. The van der Waals surface area contributed by atoms with Crippen molar-refractivity contribution in [2.75, 3.05) is 6.61 Å². The summed E-state index contributed by atoms with van der Waals surface area (Å²) in [6.45, 7) is 3.56. The normalized spacial score (nSPS) is 13.6. The van der Waals surface area contributed by atoms with Crippen LogP contribution in [-0.4, -0.2) is 16.2 Å². The van der Waals surface area contributed by atoms with Crippen molar-refractivity contribution >= 4 is 15.9 Å². The van der Waals surface area contributed by atoms with Crippen LogP contribution in [-0.2, 0) is 6.54 Å². The number of ether oxygens (including phenoxy) is 1. The van der Waals surface area contributed by atoms with E-state index in [1.165, 1.54) is 0 Å². The number of nitrogens with zero attached hydrogens (tertiary/aromatic N) is 2. The summed E-state index contributed by atoms with van der Waals surface area (Å²) in [7, 11) is 0. The number of hydrogen-bond acceptors (Lipinski definition) is 2. The first-order valence-corrected chi connectivity index (χ1v) is 6.00. The number of aryl methyl sites for hydroxylation is 1. The quantitative estimate of drug-likeness (QED) is 0.741. The molecule has 0 bridgehead atoms. The van der Waals surface area contributed by atoms with Crippen LogP contribution < -0.4 is 4.74 Å². The average molecular weight is 279 g/mol. The molecule has 0 saturated heterocycles. The molecule has 2 aromatic rings. The second-order valence-electron chi connectivity index (χ2n) is 3.89. The van der Waals surface area contributed by atoms with Crippen molar-refractivity contribution in [3.8, 4) is 17.1 Å². The SMILES string of the molecule is Cc1cn2c(n1)-c1cc(Br)ccc1OCC2. The van der Waals surface area contributed by atoms with E-state index in [0.717, 1.165) is 33.8 Å². The van der Waals surface area contributed by atoms with Crippen molar-refractivity contribution in [2.24, 2.45) is 0 Å². The third kappa shape index (κ3) is 1.53. The standard InChI is InChI=1S/C12H11BrN2O/c1-8-7-15-4-5-16-11-3-2-9(13)6-10(11)12(15)14-8/h2-3,6-7H,4-5H2,1H3. The van der Waals surface area contributed by atoms with Crippen molar-refractivity contribution in [2.45, 2.75) is 13.5 Å². The van der Waals surface area contributed by atoms with Crippen molar-refractivity contribution in [3.05, 3.63) is 34.6 Å². The van der Waals surface area contributed by atoms with Gasteiger partial charge in [0.1, 0.15) is 18.2 Å². The average Bonchev–Trinajstić information content (AvgIpc) is 2.54. The van der Waals surface area contributed by atoms with Crippen LogP contribution in [0.15, 0.2) is 28.9 Å². The molecule has 82 valence electrons. The van der Waals surface area contributed by atoms with Gasteiger partial charge in [0.25, 0.3) is 0 Å². The van der Waals surface area contributed by atoms with Gasteiger partial charge in [-0.1, -0.05) is 15.9 Å². The van der Waals surface area contributed by atoms with Gasteiger partial charge >= 0.3 is 0 Å². The monoisotopic (exact) mass is 278 g/mol. The first-order valence-electron chi connectivity index (χ1n) is 5.20. The van der Waals surface area contributed by atoms with Gasteiger partial charge in [0.2, 0.25) is 0 Å². The summed E-state index contributed by atoms with van der Waals surface area (Å²) in [4.78, 5) is 4.56. The highest BCUT2D eigenvalue weighted by molar-refractivity contribution is 9.10. The molecule has 0 aliphatic carbocycles. The van der Waals surface area contributed by atoms with Gasteiger partial charge in [-0.15, -0.1) is 0 Å². The van der Waals surface area contributed by atoms with E-state index in [4.69, 9.17) is 4.74 Å². The molecular weight excluding hydrogens is 268 g/mol. The van der Waals surface area contributed by atoms with E-state index in [1.54, 1.807) is 0 Å². The molecule has 2 heterocycles. The summed E-state index contributed by atoms with van der Waals surface area (Å²) in [6.07, 6.45) is 2.06. The Morgan fingerprint density at radius 1 is 1.44 bits per heavy atom. The molecule has 1 aromatic carbocycles. The predicted molar refractivity (Wildman–Crippen MR) is 65.6 cm³/mol. The van der Waals surface area contributed by atoms with Gasteiger partial charge in [0.15, 0.2) is 0 Å². The molecule has 0 spiro atoms. The van der Waals surface area contributed by atoms with Crippen molar-refractivity contribution < 1.29 is 4.74 Å². The lowest BCUT2D eigenvalue weighted by Gasteiger charge is -2.05. The maximum Gasteiger partial charge on any atom is 0.144 e. The largest absolute Gasteiger partial charge is 0.491 e. The van der Waals surface area contributed by atoms with Crippen LogP contribution in [0.2, 0.25) is 0 Å². The second kappa shape index (κ2) is 3.63. The summed E-state index contributed by atoms with van der Waals surface area (Å²) >= 11 is 3.48. The van der Waals surface area contributed by atoms with E-state index in [1.807, 2.05) is 19.1 Å². The van der Waals surface area contributed by atoms with Gasteiger partial charge < -0.3 is 9.30 Å². The fourth-order valence-corrected chi connectivity index (χ4v) is 2.35. The van der Waals surface area contributed by atoms with Gasteiger partial charge in [0, 0.05) is 10.7 Å². The maximum absolute atomic E-state index is 5.70. The lowest BCUT2D eigenvalue weighted by atomic mass is 10.2. The molecule has 0 amide bonds. The molecule has 0 fully saturated rings. The Labute approximate surface area is 102 Å². The third-order valence-corrected chi connectivity index (χ3v) is 3.16. The Morgan fingerprint density at radius 3 is 3.19 bits per heavy atom. The van der Waals surface area contributed by atoms with Gasteiger partial charge in [-0.2, -0.15) is 0 Å². The van der Waals surface area contributed by atoms with E-state index >= 15 is 0 Å². The molecule has 1 aliphatic heterocycles. The molecule has 1 aliphatic rings. The van der Waals surface area contributed by atoms with Crippen LogP contribution in [0.3, 0.4) is 0 Å². The van der Waals surface area contributed by atoms with Crippen LogP contribution in [0.5, 0.6) is 5.75 Å². The van der Waals surface area contributed by atoms with Gasteiger partial charge in [-0.25, -0.2) is 4.98 Å². The minimum absolute atomic E-state index is 0.692. The lowest BCUT2D eigenvalue weighted by Crippen LogP contribution is -2.04.